The highest BCUT2D eigenvalue weighted by molar-refractivity contribution is 6.03. The SMILES string of the molecule is COc1ccc(/C=N\NC(=O)c2cc3ccccc3cc2[O-])c(C(=O)O)c1OC. The number of amides is 1. The van der Waals surface area contributed by atoms with E-state index in [0.29, 0.717) is 0 Å². The maximum absolute atomic E-state index is 12.4. The third-order valence-corrected chi connectivity index (χ3v) is 4.25. The van der Waals surface area contributed by atoms with Gasteiger partial charge in [-0.05, 0) is 29.0 Å². The number of nitrogens with one attached hydrogen (secondary N) is 1. The van der Waals surface area contributed by atoms with Gasteiger partial charge in [0.2, 0.25) is 0 Å². The van der Waals surface area contributed by atoms with Gasteiger partial charge in [-0.15, -0.1) is 0 Å². The van der Waals surface area contributed by atoms with Gasteiger partial charge in [-0.3, -0.25) is 4.79 Å². The molecule has 0 saturated carbocycles. The maximum Gasteiger partial charge on any atom is 0.340 e. The molecule has 0 aliphatic rings. The highest BCUT2D eigenvalue weighted by atomic mass is 16.5. The van der Waals surface area contributed by atoms with Crippen molar-refractivity contribution in [1.29, 1.82) is 0 Å². The van der Waals surface area contributed by atoms with Gasteiger partial charge in [-0.2, -0.15) is 5.10 Å². The van der Waals surface area contributed by atoms with Crippen molar-refractivity contribution in [2.24, 2.45) is 5.10 Å². The Bertz CT molecular complexity index is 1120. The number of carbonyl (C=O) groups excluding carboxylic acids is 1. The summed E-state index contributed by atoms with van der Waals surface area (Å²) in [7, 11) is 2.71. The van der Waals surface area contributed by atoms with E-state index >= 15 is 0 Å². The normalized spacial score (nSPS) is 10.8. The van der Waals surface area contributed by atoms with Crippen LogP contribution in [0.1, 0.15) is 26.3 Å². The molecule has 0 radical (unpaired) electrons. The zero-order valence-corrected chi connectivity index (χ0v) is 15.6. The molecule has 0 aliphatic carbocycles. The molecule has 0 fully saturated rings. The number of hydrazone groups is 1. The summed E-state index contributed by atoms with van der Waals surface area (Å²) in [6.07, 6.45) is 1.16. The van der Waals surface area contributed by atoms with E-state index in [9.17, 15) is 19.8 Å². The fourth-order valence-electron chi connectivity index (χ4n) is 2.89. The second-order valence-corrected chi connectivity index (χ2v) is 5.97. The highest BCUT2D eigenvalue weighted by Crippen LogP contribution is 2.33. The highest BCUT2D eigenvalue weighted by Gasteiger charge is 2.20. The minimum Gasteiger partial charge on any atom is -0.872 e. The lowest BCUT2D eigenvalue weighted by molar-refractivity contribution is -0.268. The number of methoxy groups -OCH3 is 2. The third kappa shape index (κ3) is 3.96. The molecule has 0 bridgehead atoms. The predicted molar refractivity (Wildman–Crippen MR) is 105 cm³/mol. The molecule has 0 aliphatic heterocycles. The van der Waals surface area contributed by atoms with E-state index in [2.05, 4.69) is 10.5 Å². The summed E-state index contributed by atoms with van der Waals surface area (Å²) in [5.74, 6) is -2.10. The summed E-state index contributed by atoms with van der Waals surface area (Å²) >= 11 is 0. The molecule has 8 nitrogen and oxygen atoms in total. The van der Waals surface area contributed by atoms with Gasteiger partial charge in [0, 0.05) is 11.1 Å². The Morgan fingerprint density at radius 2 is 1.76 bits per heavy atom. The predicted octanol–water partition coefficient (Wildman–Crippen LogP) is 2.39. The molecule has 0 heterocycles. The molecule has 3 aromatic rings. The van der Waals surface area contributed by atoms with Gasteiger partial charge in [0.1, 0.15) is 5.56 Å². The van der Waals surface area contributed by atoms with E-state index in [1.165, 1.54) is 38.5 Å². The number of fused-ring (bicyclic) bond motifs is 1. The Balaban J connectivity index is 1.87. The van der Waals surface area contributed by atoms with Gasteiger partial charge in [0.25, 0.3) is 5.91 Å². The van der Waals surface area contributed by atoms with Crippen molar-refractivity contribution in [2.45, 2.75) is 0 Å². The molecule has 29 heavy (non-hydrogen) atoms. The van der Waals surface area contributed by atoms with Crippen LogP contribution in [0.5, 0.6) is 17.2 Å². The molecule has 0 aromatic heterocycles. The Hall–Kier alpha value is -4.07. The Labute approximate surface area is 166 Å². The summed E-state index contributed by atoms with van der Waals surface area (Å²) in [6, 6.07) is 13.0. The van der Waals surface area contributed by atoms with E-state index < -0.39 is 17.6 Å². The number of ether oxygens (including phenoxy) is 2. The first-order valence-electron chi connectivity index (χ1n) is 8.47. The number of benzene rings is 3. The number of rotatable bonds is 6. The van der Waals surface area contributed by atoms with Crippen LogP contribution in [-0.2, 0) is 0 Å². The number of aromatic carboxylic acids is 1. The molecule has 0 saturated heterocycles. The molecule has 0 unspecified atom stereocenters. The third-order valence-electron chi connectivity index (χ3n) is 4.25. The first-order valence-corrected chi connectivity index (χ1v) is 8.47. The average molecular weight is 393 g/mol. The summed E-state index contributed by atoms with van der Waals surface area (Å²) < 4.78 is 10.2. The Morgan fingerprint density at radius 3 is 2.38 bits per heavy atom. The lowest BCUT2D eigenvalue weighted by Gasteiger charge is -2.14. The standard InChI is InChI=1S/C21H18N2O6/c1-28-17-8-7-14(18(21(26)27)19(17)29-2)11-22-23-20(25)15-9-12-5-3-4-6-13(12)10-16(15)24/h3-11,24H,1-2H3,(H,23,25)(H,26,27)/p-1/b22-11-. The molecular formula is C21H17N2O6-. The van der Waals surface area contributed by atoms with Crippen LogP contribution in [0.25, 0.3) is 10.8 Å². The molecule has 1 amide bonds. The van der Waals surface area contributed by atoms with E-state index in [4.69, 9.17) is 9.47 Å². The zero-order valence-electron chi connectivity index (χ0n) is 15.6. The van der Waals surface area contributed by atoms with E-state index in [0.717, 1.165) is 17.0 Å². The van der Waals surface area contributed by atoms with Crippen molar-refractivity contribution in [1.82, 2.24) is 5.43 Å². The Kier molecular flexibility index (Phi) is 5.64. The monoisotopic (exact) mass is 393 g/mol. The van der Waals surface area contributed by atoms with E-state index in [1.54, 1.807) is 24.3 Å². The molecular weight excluding hydrogens is 376 g/mol. The number of hydrogen-bond donors (Lipinski definition) is 2. The van der Waals surface area contributed by atoms with Crippen molar-refractivity contribution in [3.63, 3.8) is 0 Å². The summed E-state index contributed by atoms with van der Waals surface area (Å²) in [6.45, 7) is 0. The van der Waals surface area contributed by atoms with Crippen molar-refractivity contribution < 1.29 is 29.3 Å². The minimum atomic E-state index is -1.25. The number of nitrogens with zero attached hydrogens (tertiary/aromatic N) is 1. The fraction of sp³-hybridized carbons (Fsp3) is 0.0952. The van der Waals surface area contributed by atoms with Crippen molar-refractivity contribution in [3.8, 4) is 17.2 Å². The Morgan fingerprint density at radius 1 is 1.07 bits per heavy atom. The maximum atomic E-state index is 12.4. The van der Waals surface area contributed by atoms with Crippen molar-refractivity contribution >= 4 is 28.9 Å². The van der Waals surface area contributed by atoms with Gasteiger partial charge in [-0.1, -0.05) is 36.1 Å². The molecule has 0 spiro atoms. The number of carboxylic acid groups (broad SMARTS) is 1. The topological polar surface area (TPSA) is 120 Å². The van der Waals surface area contributed by atoms with Crippen LogP contribution in [0.3, 0.4) is 0 Å². The quantitative estimate of drug-likeness (QED) is 0.490. The van der Waals surface area contributed by atoms with Gasteiger partial charge in [0.15, 0.2) is 11.5 Å². The molecule has 148 valence electrons. The number of hydrogen-bond acceptors (Lipinski definition) is 6. The van der Waals surface area contributed by atoms with Gasteiger partial charge >= 0.3 is 5.97 Å². The second-order valence-electron chi connectivity index (χ2n) is 5.97. The minimum absolute atomic E-state index is 0.0339. The zero-order chi connectivity index (χ0) is 21.0. The van der Waals surface area contributed by atoms with Gasteiger partial charge in [0.05, 0.1) is 20.4 Å². The van der Waals surface area contributed by atoms with Crippen LogP contribution in [0, 0.1) is 0 Å². The smallest absolute Gasteiger partial charge is 0.340 e. The molecule has 2 N–H and O–H groups in total. The van der Waals surface area contributed by atoms with Gasteiger partial charge in [-0.25, -0.2) is 10.2 Å². The van der Waals surface area contributed by atoms with Crippen LogP contribution in [0.2, 0.25) is 0 Å². The molecule has 3 aromatic carbocycles. The first kappa shape index (κ1) is 19.7. The van der Waals surface area contributed by atoms with E-state index in [1.807, 2.05) is 0 Å². The molecule has 0 atom stereocenters. The van der Waals surface area contributed by atoms with Crippen LogP contribution in [0.15, 0.2) is 53.6 Å². The van der Waals surface area contributed by atoms with Crippen LogP contribution in [-0.4, -0.2) is 37.4 Å². The first-order chi connectivity index (χ1) is 14.0. The largest absolute Gasteiger partial charge is 0.872 e. The molecule has 8 heteroatoms. The van der Waals surface area contributed by atoms with Crippen molar-refractivity contribution in [2.75, 3.05) is 14.2 Å². The summed E-state index contributed by atoms with van der Waals surface area (Å²) in [5, 5.41) is 26.9. The number of carbonyl (C=O) groups is 2. The second kappa shape index (κ2) is 8.30. The van der Waals surface area contributed by atoms with E-state index in [-0.39, 0.29) is 28.2 Å². The van der Waals surface area contributed by atoms with Crippen LogP contribution >= 0.6 is 0 Å². The average Bonchev–Trinajstić information content (AvgIpc) is 2.72. The van der Waals surface area contributed by atoms with Gasteiger partial charge < -0.3 is 19.7 Å². The van der Waals surface area contributed by atoms with Crippen LogP contribution in [0.4, 0.5) is 0 Å². The fourth-order valence-corrected chi connectivity index (χ4v) is 2.89. The summed E-state index contributed by atoms with van der Waals surface area (Å²) in [5.41, 5.74) is 2.21. The van der Waals surface area contributed by atoms with Crippen LogP contribution < -0.4 is 20.0 Å². The lowest BCUT2D eigenvalue weighted by atomic mass is 10.1. The molecule has 3 rings (SSSR count). The lowest BCUT2D eigenvalue weighted by Crippen LogP contribution is -2.19. The van der Waals surface area contributed by atoms with Crippen molar-refractivity contribution in [3.05, 3.63) is 65.2 Å². The summed E-state index contributed by atoms with van der Waals surface area (Å²) in [4.78, 5) is 24.0. The number of carboxylic acids is 1.